The van der Waals surface area contributed by atoms with Gasteiger partial charge in [0, 0.05) is 13.2 Å². The molecule has 0 aromatic rings. The Morgan fingerprint density at radius 2 is 1.82 bits per heavy atom. The summed E-state index contributed by atoms with van der Waals surface area (Å²) in [5, 5.41) is 0. The fourth-order valence-electron chi connectivity index (χ4n) is 0.346. The lowest BCUT2D eigenvalue weighted by Crippen LogP contribution is -1.84. The predicted molar refractivity (Wildman–Crippen MR) is 48.3 cm³/mol. The van der Waals surface area contributed by atoms with Crippen molar-refractivity contribution in [1.82, 2.24) is 0 Å². The summed E-state index contributed by atoms with van der Waals surface area (Å²) in [6.07, 6.45) is 1.35. The molecule has 0 saturated heterocycles. The topological polar surface area (TPSA) is 18.5 Å². The molecule has 66 valence electrons. The Bertz CT molecular complexity index is 95.7. The van der Waals surface area contributed by atoms with Crippen LogP contribution in [0.4, 0.5) is 0 Å². The van der Waals surface area contributed by atoms with Crippen LogP contribution in [0.15, 0.2) is 25.2 Å². The standard InChI is InChI=1S/C5H8O.C4H10O/c1-4-6-5(2)3;1-3-5-4-2/h4H,1-2H2,3H3;3-4H2,1-2H3. The first kappa shape index (κ1) is 12.9. The van der Waals surface area contributed by atoms with E-state index in [0.717, 1.165) is 13.2 Å². The van der Waals surface area contributed by atoms with Gasteiger partial charge in [0.2, 0.25) is 0 Å². The lowest BCUT2D eigenvalue weighted by molar-refractivity contribution is 0.162. The molecule has 0 fully saturated rings. The van der Waals surface area contributed by atoms with Crippen LogP contribution in [0.2, 0.25) is 0 Å². The van der Waals surface area contributed by atoms with E-state index in [4.69, 9.17) is 4.74 Å². The molecule has 2 heteroatoms. The molecule has 11 heavy (non-hydrogen) atoms. The van der Waals surface area contributed by atoms with Crippen LogP contribution in [0.3, 0.4) is 0 Å². The van der Waals surface area contributed by atoms with Crippen molar-refractivity contribution in [3.05, 3.63) is 25.2 Å². The lowest BCUT2D eigenvalue weighted by Gasteiger charge is -1.90. The second kappa shape index (κ2) is 12.0. The zero-order chi connectivity index (χ0) is 9.11. The maximum absolute atomic E-state index is 4.83. The molecule has 0 unspecified atom stereocenters. The van der Waals surface area contributed by atoms with Gasteiger partial charge in [-0.1, -0.05) is 13.2 Å². The maximum atomic E-state index is 4.83. The smallest absolute Gasteiger partial charge is 0.0929 e. The molecule has 0 amide bonds. The van der Waals surface area contributed by atoms with Crippen LogP contribution in [0.25, 0.3) is 0 Å². The normalized spacial score (nSPS) is 7.55. The third kappa shape index (κ3) is 26.9. The molecular formula is C9H18O2. The third-order valence-electron chi connectivity index (χ3n) is 0.693. The van der Waals surface area contributed by atoms with E-state index < -0.39 is 0 Å². The quantitative estimate of drug-likeness (QED) is 0.586. The Kier molecular flexibility index (Phi) is 14.0. The van der Waals surface area contributed by atoms with Crippen molar-refractivity contribution in [3.8, 4) is 0 Å². The van der Waals surface area contributed by atoms with Gasteiger partial charge in [-0.3, -0.25) is 0 Å². The van der Waals surface area contributed by atoms with E-state index in [-0.39, 0.29) is 0 Å². The Morgan fingerprint density at radius 1 is 1.36 bits per heavy atom. The first-order chi connectivity index (χ1) is 5.18. The Labute approximate surface area is 69.5 Å². The van der Waals surface area contributed by atoms with Crippen molar-refractivity contribution in [2.45, 2.75) is 20.8 Å². The van der Waals surface area contributed by atoms with Crippen LogP contribution in [0, 0.1) is 0 Å². The molecule has 0 aliphatic carbocycles. The van der Waals surface area contributed by atoms with Gasteiger partial charge in [-0.15, -0.1) is 0 Å². The minimum Gasteiger partial charge on any atom is -0.471 e. The number of allylic oxidation sites excluding steroid dienone is 1. The number of rotatable bonds is 4. The van der Waals surface area contributed by atoms with Crippen LogP contribution < -0.4 is 0 Å². The van der Waals surface area contributed by atoms with Gasteiger partial charge in [0.15, 0.2) is 0 Å². The minimum atomic E-state index is 0.671. The molecule has 0 bridgehead atoms. The van der Waals surface area contributed by atoms with Gasteiger partial charge in [0.05, 0.1) is 12.0 Å². The van der Waals surface area contributed by atoms with Crippen molar-refractivity contribution < 1.29 is 9.47 Å². The molecule has 0 aromatic heterocycles. The van der Waals surface area contributed by atoms with Crippen molar-refractivity contribution in [3.63, 3.8) is 0 Å². The van der Waals surface area contributed by atoms with E-state index in [1.165, 1.54) is 6.26 Å². The van der Waals surface area contributed by atoms with E-state index in [1.54, 1.807) is 6.92 Å². The van der Waals surface area contributed by atoms with Crippen molar-refractivity contribution in [1.29, 1.82) is 0 Å². The van der Waals surface area contributed by atoms with Gasteiger partial charge < -0.3 is 9.47 Å². The van der Waals surface area contributed by atoms with Crippen LogP contribution in [0.1, 0.15) is 20.8 Å². The molecule has 0 aromatic carbocycles. The maximum Gasteiger partial charge on any atom is 0.0929 e. The molecule has 2 nitrogen and oxygen atoms in total. The molecule has 0 rings (SSSR count). The summed E-state index contributed by atoms with van der Waals surface area (Å²) in [5.41, 5.74) is 0. The van der Waals surface area contributed by atoms with Gasteiger partial charge >= 0.3 is 0 Å². The SMILES string of the molecule is C=COC(=C)C.CCOCC. The first-order valence-corrected chi connectivity index (χ1v) is 3.69. The summed E-state index contributed by atoms with van der Waals surface area (Å²) in [5.74, 6) is 0.671. The minimum absolute atomic E-state index is 0.671. The highest BCUT2D eigenvalue weighted by Crippen LogP contribution is 1.86. The average molecular weight is 158 g/mol. The van der Waals surface area contributed by atoms with Crippen LogP contribution in [-0.2, 0) is 9.47 Å². The molecule has 0 radical (unpaired) electrons. The highest BCUT2D eigenvalue weighted by Gasteiger charge is 1.69. The largest absolute Gasteiger partial charge is 0.471 e. The van der Waals surface area contributed by atoms with Gasteiger partial charge in [0.25, 0.3) is 0 Å². The zero-order valence-electron chi connectivity index (χ0n) is 7.72. The van der Waals surface area contributed by atoms with E-state index >= 15 is 0 Å². The van der Waals surface area contributed by atoms with Gasteiger partial charge in [-0.05, 0) is 20.8 Å². The molecule has 0 aliphatic heterocycles. The summed E-state index contributed by atoms with van der Waals surface area (Å²) < 4.78 is 9.44. The Balaban J connectivity index is 0. The lowest BCUT2D eigenvalue weighted by atomic mass is 10.7. The monoisotopic (exact) mass is 158 g/mol. The summed E-state index contributed by atoms with van der Waals surface area (Å²) in [4.78, 5) is 0. The Hall–Kier alpha value is -0.760. The molecular weight excluding hydrogens is 140 g/mol. The van der Waals surface area contributed by atoms with Crippen molar-refractivity contribution in [2.75, 3.05) is 13.2 Å². The second-order valence-electron chi connectivity index (χ2n) is 1.77. The van der Waals surface area contributed by atoms with E-state index in [1.807, 2.05) is 13.8 Å². The van der Waals surface area contributed by atoms with Gasteiger partial charge in [-0.25, -0.2) is 0 Å². The highest BCUT2D eigenvalue weighted by molar-refractivity contribution is 4.76. The first-order valence-electron chi connectivity index (χ1n) is 3.69. The summed E-state index contributed by atoms with van der Waals surface area (Å²) in [6.45, 7) is 14.2. The average Bonchev–Trinajstić information content (AvgIpc) is 1.90. The van der Waals surface area contributed by atoms with Crippen molar-refractivity contribution >= 4 is 0 Å². The summed E-state index contributed by atoms with van der Waals surface area (Å²) in [6, 6.07) is 0. The third-order valence-corrected chi connectivity index (χ3v) is 0.693. The molecule has 0 spiro atoms. The highest BCUT2D eigenvalue weighted by atomic mass is 16.5. The van der Waals surface area contributed by atoms with Crippen molar-refractivity contribution in [2.24, 2.45) is 0 Å². The molecule has 0 saturated carbocycles. The van der Waals surface area contributed by atoms with E-state index in [0.29, 0.717) is 5.76 Å². The number of hydrogen-bond acceptors (Lipinski definition) is 2. The zero-order valence-corrected chi connectivity index (χ0v) is 7.72. The molecule has 0 aliphatic rings. The second-order valence-corrected chi connectivity index (χ2v) is 1.77. The summed E-state index contributed by atoms with van der Waals surface area (Å²) in [7, 11) is 0. The molecule has 0 N–H and O–H groups in total. The Morgan fingerprint density at radius 3 is 1.82 bits per heavy atom. The van der Waals surface area contributed by atoms with Crippen LogP contribution in [-0.4, -0.2) is 13.2 Å². The van der Waals surface area contributed by atoms with E-state index in [9.17, 15) is 0 Å². The molecule has 0 atom stereocenters. The number of hydrogen-bond donors (Lipinski definition) is 0. The molecule has 0 heterocycles. The van der Waals surface area contributed by atoms with Crippen LogP contribution in [0.5, 0.6) is 0 Å². The fraction of sp³-hybridized carbons (Fsp3) is 0.556. The van der Waals surface area contributed by atoms with Gasteiger partial charge in [0.1, 0.15) is 0 Å². The number of ether oxygens (including phenoxy) is 2. The fourth-order valence-corrected chi connectivity index (χ4v) is 0.346. The predicted octanol–water partition coefficient (Wildman–Crippen LogP) is 2.72. The van der Waals surface area contributed by atoms with E-state index in [2.05, 4.69) is 17.9 Å². The summed E-state index contributed by atoms with van der Waals surface area (Å²) >= 11 is 0. The van der Waals surface area contributed by atoms with Crippen LogP contribution >= 0.6 is 0 Å². The van der Waals surface area contributed by atoms with Gasteiger partial charge in [-0.2, -0.15) is 0 Å².